The second-order valence-corrected chi connectivity index (χ2v) is 18.0. The first-order valence-electron chi connectivity index (χ1n) is 23.4. The van der Waals surface area contributed by atoms with Crippen molar-refractivity contribution in [3.63, 3.8) is 0 Å². The maximum Gasteiger partial charge on any atom is 0.143 e. The van der Waals surface area contributed by atoms with Gasteiger partial charge < -0.3 is 13.9 Å². The van der Waals surface area contributed by atoms with Gasteiger partial charge in [-0.2, -0.15) is 0 Å². The lowest BCUT2D eigenvalue weighted by atomic mass is 9.67. The van der Waals surface area contributed by atoms with Crippen LogP contribution < -0.4 is 4.90 Å². The summed E-state index contributed by atoms with van der Waals surface area (Å²) in [6, 6.07) is 93.3. The fourth-order valence-corrected chi connectivity index (χ4v) is 11.6. The molecule has 0 saturated heterocycles. The van der Waals surface area contributed by atoms with E-state index in [9.17, 15) is 0 Å². The molecule has 0 atom stereocenters. The Hall–Kier alpha value is -8.92. The van der Waals surface area contributed by atoms with Gasteiger partial charge in [-0.15, -0.1) is 0 Å². The lowest BCUT2D eigenvalue weighted by Crippen LogP contribution is -2.28. The lowest BCUT2D eigenvalue weighted by Gasteiger charge is -2.35. The van der Waals surface area contributed by atoms with E-state index in [2.05, 4.69) is 264 Å². The van der Waals surface area contributed by atoms with Crippen LogP contribution in [-0.4, -0.2) is 4.57 Å². The van der Waals surface area contributed by atoms with Gasteiger partial charge in [-0.25, -0.2) is 0 Å². The van der Waals surface area contributed by atoms with Crippen LogP contribution in [0.25, 0.3) is 82.5 Å². The molecule has 2 heterocycles. The van der Waals surface area contributed by atoms with Crippen LogP contribution in [0.5, 0.6) is 0 Å². The van der Waals surface area contributed by atoms with Gasteiger partial charge in [0.15, 0.2) is 0 Å². The van der Waals surface area contributed by atoms with E-state index in [1.807, 2.05) is 0 Å². The van der Waals surface area contributed by atoms with Crippen LogP contribution in [-0.2, 0) is 5.41 Å². The first kappa shape index (κ1) is 38.4. The minimum atomic E-state index is -0.558. The number of anilines is 3. The zero-order chi connectivity index (χ0) is 44.8. The van der Waals surface area contributed by atoms with Crippen LogP contribution >= 0.6 is 0 Å². The predicted molar refractivity (Wildman–Crippen MR) is 283 cm³/mol. The molecule has 2 aromatic heterocycles. The quantitative estimate of drug-likeness (QED) is 0.159. The summed E-state index contributed by atoms with van der Waals surface area (Å²) in [4.78, 5) is 2.47. The molecule has 0 saturated carbocycles. The molecule has 0 N–H and O–H groups in total. The Morgan fingerprint density at radius 2 is 0.985 bits per heavy atom. The van der Waals surface area contributed by atoms with Crippen LogP contribution in [0.1, 0.15) is 22.3 Å². The van der Waals surface area contributed by atoms with Gasteiger partial charge in [-0.1, -0.05) is 188 Å². The highest BCUT2D eigenvalue weighted by atomic mass is 16.3. The third-order valence-electron chi connectivity index (χ3n) is 14.4. The molecule has 1 aliphatic rings. The van der Waals surface area contributed by atoms with Gasteiger partial charge in [0.05, 0.1) is 22.1 Å². The summed E-state index contributed by atoms with van der Waals surface area (Å²) in [6.45, 7) is 0. The summed E-state index contributed by atoms with van der Waals surface area (Å²) >= 11 is 0. The van der Waals surface area contributed by atoms with Crippen molar-refractivity contribution >= 4 is 71.6 Å². The van der Waals surface area contributed by atoms with Crippen molar-refractivity contribution in [2.45, 2.75) is 5.41 Å². The van der Waals surface area contributed by atoms with Crippen molar-refractivity contribution < 1.29 is 4.42 Å². The molecular formula is C65H42N2O. The first-order chi connectivity index (χ1) is 33.7. The minimum Gasteiger partial charge on any atom is -0.455 e. The second kappa shape index (κ2) is 15.1. The average Bonchev–Trinajstić information content (AvgIpc) is 4.06. The molecule has 0 amide bonds. The number of hydrogen-bond donors (Lipinski definition) is 0. The van der Waals surface area contributed by atoms with Crippen LogP contribution in [0.15, 0.2) is 259 Å². The van der Waals surface area contributed by atoms with Gasteiger partial charge in [0, 0.05) is 49.6 Å². The number of furan rings is 1. The lowest BCUT2D eigenvalue weighted by molar-refractivity contribution is 0.672. The minimum absolute atomic E-state index is 0.558. The smallest absolute Gasteiger partial charge is 0.143 e. The Labute approximate surface area is 394 Å². The molecule has 3 heteroatoms. The zero-order valence-electron chi connectivity index (χ0n) is 37.1. The van der Waals surface area contributed by atoms with Crippen LogP contribution in [0.3, 0.4) is 0 Å². The van der Waals surface area contributed by atoms with Gasteiger partial charge in [-0.05, 0) is 111 Å². The number of benzene rings is 11. The van der Waals surface area contributed by atoms with Crippen molar-refractivity contribution in [2.75, 3.05) is 4.90 Å². The van der Waals surface area contributed by atoms with E-state index in [0.29, 0.717) is 0 Å². The van der Waals surface area contributed by atoms with Crippen molar-refractivity contribution in [3.8, 4) is 27.9 Å². The third-order valence-corrected chi connectivity index (χ3v) is 14.4. The maximum atomic E-state index is 6.63. The molecule has 1 aliphatic carbocycles. The maximum absolute atomic E-state index is 6.63. The van der Waals surface area contributed by atoms with E-state index in [1.165, 1.54) is 60.6 Å². The van der Waals surface area contributed by atoms with Crippen LogP contribution in [0, 0.1) is 0 Å². The Morgan fingerprint density at radius 1 is 0.368 bits per heavy atom. The Bertz CT molecular complexity index is 4010. The molecule has 11 aromatic carbocycles. The summed E-state index contributed by atoms with van der Waals surface area (Å²) in [7, 11) is 0. The first-order valence-corrected chi connectivity index (χ1v) is 23.4. The van der Waals surface area contributed by atoms with Gasteiger partial charge in [0.1, 0.15) is 11.2 Å². The Morgan fingerprint density at radius 3 is 1.75 bits per heavy atom. The van der Waals surface area contributed by atoms with Gasteiger partial charge in [-0.3, -0.25) is 0 Å². The second-order valence-electron chi connectivity index (χ2n) is 18.0. The molecule has 0 fully saturated rings. The normalized spacial score (nSPS) is 12.8. The van der Waals surface area contributed by atoms with E-state index < -0.39 is 5.41 Å². The third kappa shape index (κ3) is 5.60. The molecular weight excluding hydrogens is 825 g/mol. The van der Waals surface area contributed by atoms with E-state index in [1.54, 1.807) is 0 Å². The number of nitrogens with zero attached hydrogens (tertiary/aromatic N) is 2. The van der Waals surface area contributed by atoms with Crippen molar-refractivity contribution in [2.24, 2.45) is 0 Å². The Kier molecular flexibility index (Phi) is 8.50. The fourth-order valence-electron chi connectivity index (χ4n) is 11.6. The summed E-state index contributed by atoms with van der Waals surface area (Å²) in [5, 5.41) is 6.99. The molecule has 0 unspecified atom stereocenters. The monoisotopic (exact) mass is 866 g/mol. The van der Waals surface area contributed by atoms with E-state index >= 15 is 0 Å². The molecule has 13 aromatic rings. The largest absolute Gasteiger partial charge is 0.455 e. The van der Waals surface area contributed by atoms with Gasteiger partial charge >= 0.3 is 0 Å². The molecule has 0 radical (unpaired) electrons. The molecule has 3 nitrogen and oxygen atoms in total. The number of aromatic nitrogens is 1. The SMILES string of the molecule is c1ccc(C2(c3ccccc3)c3ccccc3-c3ccc(N(c4cccc(-n5c6ccccc6c6ccccc65)c4)c4ccccc4-c4ccc5oc6c7ccccc7ccc6c5c4)cc32)cc1. The molecule has 68 heavy (non-hydrogen) atoms. The van der Waals surface area contributed by atoms with Gasteiger partial charge in [0.25, 0.3) is 0 Å². The molecule has 0 bridgehead atoms. The number of rotatable bonds is 7. The van der Waals surface area contributed by atoms with Crippen molar-refractivity contribution in [3.05, 3.63) is 277 Å². The summed E-state index contributed by atoms with van der Waals surface area (Å²) < 4.78 is 9.04. The fraction of sp³-hybridized carbons (Fsp3) is 0.0154. The highest BCUT2D eigenvalue weighted by Crippen LogP contribution is 2.57. The Balaban J connectivity index is 1.03. The number of fused-ring (bicyclic) bond motifs is 11. The van der Waals surface area contributed by atoms with Crippen LogP contribution in [0.2, 0.25) is 0 Å². The van der Waals surface area contributed by atoms with Crippen molar-refractivity contribution in [1.82, 2.24) is 4.57 Å². The molecule has 14 rings (SSSR count). The van der Waals surface area contributed by atoms with Gasteiger partial charge in [0.2, 0.25) is 0 Å². The number of hydrogen-bond acceptors (Lipinski definition) is 2. The predicted octanol–water partition coefficient (Wildman–Crippen LogP) is 17.3. The molecule has 0 aliphatic heterocycles. The number of para-hydroxylation sites is 3. The van der Waals surface area contributed by atoms with E-state index in [0.717, 1.165) is 61.2 Å². The van der Waals surface area contributed by atoms with Crippen LogP contribution in [0.4, 0.5) is 17.1 Å². The summed E-state index contributed by atoms with van der Waals surface area (Å²) in [5.41, 5.74) is 17.7. The standard InChI is InChI=1S/C65H42N2O/c1-3-19-45(20-4-1)65(46-21-5-2-6-22-46)58-30-13-9-27-52(58)53-38-36-49(42-59(53)65)66(47-23-17-24-48(41-47)67-61-32-15-11-28-54(61)55-29-12-16-33-62(55)67)60-31-14-10-25-50(60)44-35-39-63-57(40-44)56-37-34-43-18-7-8-26-51(43)64(56)68-63/h1-42H. The average molecular weight is 867 g/mol. The summed E-state index contributed by atoms with van der Waals surface area (Å²) in [5.74, 6) is 0. The van der Waals surface area contributed by atoms with E-state index in [4.69, 9.17) is 4.42 Å². The zero-order valence-corrected chi connectivity index (χ0v) is 37.1. The van der Waals surface area contributed by atoms with E-state index in [-0.39, 0.29) is 0 Å². The summed E-state index contributed by atoms with van der Waals surface area (Å²) in [6.07, 6.45) is 0. The van der Waals surface area contributed by atoms with Crippen molar-refractivity contribution in [1.29, 1.82) is 0 Å². The molecule has 0 spiro atoms. The molecule has 318 valence electrons. The highest BCUT2D eigenvalue weighted by Gasteiger charge is 2.46. The topological polar surface area (TPSA) is 21.3 Å². The highest BCUT2D eigenvalue weighted by molar-refractivity contribution is 6.16.